The van der Waals surface area contributed by atoms with Gasteiger partial charge in [-0.2, -0.15) is 0 Å². The van der Waals surface area contributed by atoms with Crippen LogP contribution in [0.15, 0.2) is 34.4 Å². The number of ketones is 1. The van der Waals surface area contributed by atoms with Gasteiger partial charge in [-0.3, -0.25) is 4.79 Å². The fourth-order valence-electron chi connectivity index (χ4n) is 12.4. The highest BCUT2D eigenvalue weighted by atomic mass is 16.6. The van der Waals surface area contributed by atoms with Crippen molar-refractivity contribution in [1.29, 1.82) is 0 Å². The van der Waals surface area contributed by atoms with Crippen molar-refractivity contribution in [3.8, 4) is 0 Å². The Labute approximate surface area is 307 Å². The fourth-order valence-corrected chi connectivity index (χ4v) is 12.4. The minimum Gasteiger partial charge on any atom is -0.456 e. The van der Waals surface area contributed by atoms with Crippen LogP contribution in [0.5, 0.6) is 0 Å². The topological polar surface area (TPSA) is 199 Å². The fraction of sp³-hybridized carbons (Fsp3) is 0.800. The lowest BCUT2D eigenvalue weighted by Gasteiger charge is -2.62. The molecule has 0 radical (unpaired) electrons. The molecule has 2 bridgehead atoms. The highest BCUT2D eigenvalue weighted by Crippen LogP contribution is 2.61. The zero-order valence-corrected chi connectivity index (χ0v) is 30.9. The molecular weight excluding hydrogens is 664 g/mol. The number of carbonyl (C=O) groups is 2. The Balaban J connectivity index is 1.34. The van der Waals surface area contributed by atoms with E-state index < -0.39 is 53.9 Å². The molecule has 5 heterocycles. The SMILES string of the molecule is CC=C(C)C(=O)O[C@H]1CC2C(O)C3C(=O)CC(CO)OC3C3C(CCO)C4CCNC(N)C4C4=CCC5=C4[C@@H](CC4CNC(N)CC4C5)[C@]1(C)OC23. The van der Waals surface area contributed by atoms with Crippen molar-refractivity contribution in [2.45, 2.75) is 121 Å². The Morgan fingerprint density at radius 3 is 2.65 bits per heavy atom. The van der Waals surface area contributed by atoms with E-state index in [0.717, 1.165) is 45.2 Å². The normalized spacial score (nSPS) is 48.7. The second-order valence-corrected chi connectivity index (χ2v) is 17.5. The number of aliphatic hydroxyl groups is 3. The summed E-state index contributed by atoms with van der Waals surface area (Å²) in [4.78, 5) is 27.7. The minimum absolute atomic E-state index is 0.0218. The number of nitrogens with one attached hydrogen (secondary N) is 2. The highest BCUT2D eigenvalue weighted by Gasteiger charge is 2.66. The lowest BCUT2D eigenvalue weighted by molar-refractivity contribution is -0.301. The van der Waals surface area contributed by atoms with E-state index in [4.69, 9.17) is 25.7 Å². The number of allylic oxidation sites excluding steroid dienone is 3. The van der Waals surface area contributed by atoms with Gasteiger partial charge in [0.1, 0.15) is 17.5 Å². The van der Waals surface area contributed by atoms with Crippen molar-refractivity contribution in [3.05, 3.63) is 34.4 Å². The Kier molecular flexibility index (Phi) is 10.1. The van der Waals surface area contributed by atoms with Gasteiger partial charge in [-0.05, 0) is 114 Å². The molecule has 17 atom stereocenters. The Morgan fingerprint density at radius 1 is 1.10 bits per heavy atom. The van der Waals surface area contributed by atoms with E-state index in [1.54, 1.807) is 13.0 Å². The summed E-state index contributed by atoms with van der Waals surface area (Å²) in [5, 5.41) is 40.4. The third kappa shape index (κ3) is 5.91. The number of piperidine rings is 2. The second-order valence-electron chi connectivity index (χ2n) is 17.5. The van der Waals surface area contributed by atoms with Crippen LogP contribution < -0.4 is 22.1 Å². The van der Waals surface area contributed by atoms with Crippen molar-refractivity contribution in [3.63, 3.8) is 0 Å². The third-order valence-corrected chi connectivity index (χ3v) is 15.0. The maximum atomic E-state index is 14.0. The molecule has 8 rings (SSSR count). The quantitative estimate of drug-likeness (QED) is 0.159. The number of nitrogens with two attached hydrogens (primary N) is 2. The molecule has 0 aromatic rings. The molecule has 0 spiro atoms. The van der Waals surface area contributed by atoms with Gasteiger partial charge in [-0.15, -0.1) is 0 Å². The van der Waals surface area contributed by atoms with Crippen LogP contribution in [0.25, 0.3) is 0 Å². The smallest absolute Gasteiger partial charge is 0.333 e. The van der Waals surface area contributed by atoms with Crippen molar-refractivity contribution in [2.24, 2.45) is 64.7 Å². The molecule has 5 aliphatic heterocycles. The first-order chi connectivity index (χ1) is 25.0. The second kappa shape index (κ2) is 14.3. The van der Waals surface area contributed by atoms with E-state index in [-0.39, 0.29) is 67.3 Å². The number of hydrogen-bond donors (Lipinski definition) is 7. The van der Waals surface area contributed by atoms with Crippen LogP contribution in [0, 0.1) is 53.3 Å². The van der Waals surface area contributed by atoms with Crippen LogP contribution >= 0.6 is 0 Å². The van der Waals surface area contributed by atoms with E-state index in [9.17, 15) is 24.9 Å². The molecule has 288 valence electrons. The molecule has 8 aliphatic rings. The number of ether oxygens (including phenoxy) is 3. The lowest BCUT2D eigenvalue weighted by Crippen LogP contribution is -2.71. The molecule has 0 aromatic heterocycles. The summed E-state index contributed by atoms with van der Waals surface area (Å²) in [6.45, 7) is 6.83. The van der Waals surface area contributed by atoms with Gasteiger partial charge in [0, 0.05) is 42.3 Å². The average molecular weight is 725 g/mol. The monoisotopic (exact) mass is 724 g/mol. The maximum Gasteiger partial charge on any atom is 0.333 e. The van der Waals surface area contributed by atoms with E-state index in [1.165, 1.54) is 16.7 Å². The van der Waals surface area contributed by atoms with E-state index in [2.05, 4.69) is 23.6 Å². The predicted molar refractivity (Wildman–Crippen MR) is 192 cm³/mol. The summed E-state index contributed by atoms with van der Waals surface area (Å²) in [6, 6.07) is 0. The van der Waals surface area contributed by atoms with Gasteiger partial charge < -0.3 is 51.6 Å². The number of carbonyl (C=O) groups excluding carboxylic acids is 2. The van der Waals surface area contributed by atoms with E-state index in [1.807, 2.05) is 6.92 Å². The molecule has 12 nitrogen and oxygen atoms in total. The molecule has 0 aromatic carbocycles. The number of rotatable bonds is 5. The number of hydrogen-bond acceptors (Lipinski definition) is 12. The predicted octanol–water partition coefficient (Wildman–Crippen LogP) is 1.42. The standard InChI is InChI=1S/C40H60N4O8/c1-4-18(2)39(49)51-29-15-26-35(48)34-28(47)14-22(17-46)50-37(34)33-24(8-10-45)23-7-9-43-38(42)32(23)25-6-5-19-11-20-13-30(41)44-16-21(20)12-27(31(19)25)40(29,3)52-36(26)33/h4,6,20-24,26-27,29-30,32-38,43-46,48H,5,7-17,41-42H2,1-3H3/t20?,21?,22?,23?,24?,26?,27-,29+,30?,32?,33?,34?,35?,36?,37?,38?,40+/m1/s1. The molecule has 52 heavy (non-hydrogen) atoms. The van der Waals surface area contributed by atoms with E-state index in [0.29, 0.717) is 30.3 Å². The summed E-state index contributed by atoms with van der Waals surface area (Å²) >= 11 is 0. The largest absolute Gasteiger partial charge is 0.456 e. The molecular formula is C40H60N4O8. The summed E-state index contributed by atoms with van der Waals surface area (Å²) in [5.74, 6) is -1.89. The van der Waals surface area contributed by atoms with Crippen molar-refractivity contribution in [2.75, 3.05) is 26.3 Å². The van der Waals surface area contributed by atoms with Gasteiger partial charge >= 0.3 is 5.97 Å². The number of Topliss-reactive ketones (excluding diaryl/α,β-unsaturated/α-hetero) is 1. The summed E-state index contributed by atoms with van der Waals surface area (Å²) < 4.78 is 20.9. The highest BCUT2D eigenvalue weighted by molar-refractivity contribution is 5.88. The number of fused-ring (bicyclic) bond motifs is 7. The average Bonchev–Trinajstić information content (AvgIpc) is 3.44. The first-order valence-electron chi connectivity index (χ1n) is 20.0. The Morgan fingerprint density at radius 2 is 1.90 bits per heavy atom. The zero-order chi connectivity index (χ0) is 36.6. The zero-order valence-electron chi connectivity index (χ0n) is 30.9. The third-order valence-electron chi connectivity index (χ3n) is 15.0. The van der Waals surface area contributed by atoms with Gasteiger partial charge in [0.05, 0.1) is 49.3 Å². The van der Waals surface area contributed by atoms with Crippen molar-refractivity contribution < 1.29 is 39.1 Å². The number of aliphatic hydroxyl groups excluding tert-OH is 3. The van der Waals surface area contributed by atoms with Crippen LogP contribution in [-0.2, 0) is 23.8 Å². The molecule has 14 unspecified atom stereocenters. The summed E-state index contributed by atoms with van der Waals surface area (Å²) in [5.41, 5.74) is 17.1. The van der Waals surface area contributed by atoms with Crippen molar-refractivity contribution >= 4 is 11.8 Å². The van der Waals surface area contributed by atoms with Gasteiger partial charge in [-0.25, -0.2) is 4.79 Å². The molecule has 12 heteroatoms. The maximum absolute atomic E-state index is 14.0. The Bertz CT molecular complexity index is 1520. The van der Waals surface area contributed by atoms with Crippen LogP contribution in [0.1, 0.15) is 72.1 Å². The Hall–Kier alpha value is -2.00. The molecule has 5 saturated heterocycles. The van der Waals surface area contributed by atoms with Crippen LogP contribution in [0.3, 0.4) is 0 Å². The first kappa shape index (κ1) is 36.9. The molecule has 0 amide bonds. The first-order valence-corrected chi connectivity index (χ1v) is 20.0. The van der Waals surface area contributed by atoms with Gasteiger partial charge in [0.15, 0.2) is 0 Å². The lowest BCUT2D eigenvalue weighted by atomic mass is 9.53. The summed E-state index contributed by atoms with van der Waals surface area (Å²) in [7, 11) is 0. The van der Waals surface area contributed by atoms with Crippen LogP contribution in [0.4, 0.5) is 0 Å². The van der Waals surface area contributed by atoms with Gasteiger partial charge in [0.2, 0.25) is 0 Å². The summed E-state index contributed by atoms with van der Waals surface area (Å²) in [6.07, 6.45) is 5.08. The molecule has 1 saturated carbocycles. The van der Waals surface area contributed by atoms with Gasteiger partial charge in [-0.1, -0.05) is 17.7 Å². The molecule has 9 N–H and O–H groups in total. The van der Waals surface area contributed by atoms with Crippen LogP contribution in [0.2, 0.25) is 0 Å². The van der Waals surface area contributed by atoms with Gasteiger partial charge in [0.25, 0.3) is 0 Å². The molecule has 6 fully saturated rings. The van der Waals surface area contributed by atoms with Crippen molar-refractivity contribution in [1.82, 2.24) is 10.6 Å². The minimum atomic E-state index is -1.09. The van der Waals surface area contributed by atoms with E-state index >= 15 is 0 Å². The molecule has 3 aliphatic carbocycles. The van der Waals surface area contributed by atoms with Crippen LogP contribution in [-0.4, -0.2) is 102 Å². The number of esters is 1.